The van der Waals surface area contributed by atoms with Crippen LogP contribution in [0.15, 0.2) is 30.3 Å². The van der Waals surface area contributed by atoms with Gasteiger partial charge in [0.1, 0.15) is 9.71 Å². The number of rotatable bonds is 2. The van der Waals surface area contributed by atoms with Gasteiger partial charge in [-0.05, 0) is 55.9 Å². The van der Waals surface area contributed by atoms with E-state index in [2.05, 4.69) is 12.2 Å². The summed E-state index contributed by atoms with van der Waals surface area (Å²) < 4.78 is 0. The van der Waals surface area contributed by atoms with Crippen molar-refractivity contribution < 1.29 is 4.79 Å². The summed E-state index contributed by atoms with van der Waals surface area (Å²) >= 11 is 1.39. The van der Waals surface area contributed by atoms with E-state index in [4.69, 9.17) is 10.7 Å². The number of benzene rings is 1. The van der Waals surface area contributed by atoms with Gasteiger partial charge in [-0.25, -0.2) is 4.98 Å². The molecular weight excluding hydrogens is 318 g/mol. The molecule has 0 radical (unpaired) electrons. The number of nitrogens with zero attached hydrogens (tertiary/aromatic N) is 1. The molecule has 2 aromatic heterocycles. The highest BCUT2D eigenvalue weighted by molar-refractivity contribution is 7.21. The lowest BCUT2D eigenvalue weighted by Crippen LogP contribution is -2.12. The van der Waals surface area contributed by atoms with Crippen molar-refractivity contribution in [1.29, 1.82) is 0 Å². The molecule has 1 aromatic carbocycles. The van der Waals surface area contributed by atoms with Crippen LogP contribution in [0.1, 0.15) is 39.3 Å². The SMILES string of the molecule is Cc1nc2sc(C(=O)Nc3ccccc3)c(N)c2c2c1CCCC2. The van der Waals surface area contributed by atoms with E-state index >= 15 is 0 Å². The van der Waals surface area contributed by atoms with Crippen molar-refractivity contribution in [3.63, 3.8) is 0 Å². The van der Waals surface area contributed by atoms with Gasteiger partial charge in [-0.2, -0.15) is 0 Å². The number of nitrogens with one attached hydrogen (secondary N) is 1. The molecule has 0 spiro atoms. The number of amides is 1. The van der Waals surface area contributed by atoms with Crippen LogP contribution in [0.4, 0.5) is 11.4 Å². The molecule has 0 fully saturated rings. The fourth-order valence-corrected chi connectivity index (χ4v) is 4.55. The second-order valence-corrected chi connectivity index (χ2v) is 7.21. The lowest BCUT2D eigenvalue weighted by atomic mass is 9.89. The summed E-state index contributed by atoms with van der Waals surface area (Å²) in [4.78, 5) is 18.8. The smallest absolute Gasteiger partial charge is 0.267 e. The molecule has 3 N–H and O–H groups in total. The van der Waals surface area contributed by atoms with E-state index in [1.165, 1.54) is 35.3 Å². The Kier molecular flexibility index (Phi) is 3.73. The normalized spacial score (nSPS) is 13.7. The van der Waals surface area contributed by atoms with Crippen molar-refractivity contribution in [2.45, 2.75) is 32.6 Å². The van der Waals surface area contributed by atoms with E-state index in [0.29, 0.717) is 10.6 Å². The molecule has 5 heteroatoms. The fraction of sp³-hybridized carbons (Fsp3) is 0.263. The molecule has 4 nitrogen and oxygen atoms in total. The Bertz CT molecular complexity index is 931. The van der Waals surface area contributed by atoms with Crippen LogP contribution in [0, 0.1) is 6.92 Å². The van der Waals surface area contributed by atoms with Crippen molar-refractivity contribution in [3.8, 4) is 0 Å². The van der Waals surface area contributed by atoms with Gasteiger partial charge in [0.25, 0.3) is 5.91 Å². The van der Waals surface area contributed by atoms with E-state index in [1.54, 1.807) is 0 Å². The summed E-state index contributed by atoms with van der Waals surface area (Å²) in [5, 5.41) is 3.92. The maximum Gasteiger partial charge on any atom is 0.267 e. The number of nitrogen functional groups attached to an aromatic ring is 1. The minimum absolute atomic E-state index is 0.163. The minimum atomic E-state index is -0.163. The number of hydrogen-bond donors (Lipinski definition) is 2. The molecule has 0 unspecified atom stereocenters. The fourth-order valence-electron chi connectivity index (χ4n) is 3.48. The first-order valence-electron chi connectivity index (χ1n) is 8.22. The zero-order chi connectivity index (χ0) is 16.7. The molecule has 0 atom stereocenters. The second kappa shape index (κ2) is 5.91. The standard InChI is InChI=1S/C19H19N3OS/c1-11-13-9-5-6-10-14(13)15-16(20)17(24-19(15)21-11)18(23)22-12-7-3-2-4-8-12/h2-4,7-8H,5-6,9-10,20H2,1H3,(H,22,23). The Labute approximate surface area is 144 Å². The minimum Gasteiger partial charge on any atom is -0.397 e. The van der Waals surface area contributed by atoms with Crippen molar-refractivity contribution in [1.82, 2.24) is 4.98 Å². The number of aryl methyl sites for hydroxylation is 2. The average molecular weight is 337 g/mol. The van der Waals surface area contributed by atoms with Crippen molar-refractivity contribution in [2.75, 3.05) is 11.1 Å². The van der Waals surface area contributed by atoms with Gasteiger partial charge in [0.05, 0.1) is 5.69 Å². The van der Waals surface area contributed by atoms with Crippen LogP contribution in [0.25, 0.3) is 10.2 Å². The molecule has 0 saturated carbocycles. The van der Waals surface area contributed by atoms with E-state index in [0.717, 1.165) is 34.4 Å². The molecule has 0 aliphatic heterocycles. The number of para-hydroxylation sites is 1. The number of nitrogens with two attached hydrogens (primary N) is 1. The molecule has 1 amide bonds. The number of pyridine rings is 1. The van der Waals surface area contributed by atoms with E-state index in [-0.39, 0.29) is 5.91 Å². The maximum absolute atomic E-state index is 12.6. The van der Waals surface area contributed by atoms with Gasteiger partial charge in [-0.3, -0.25) is 4.79 Å². The van der Waals surface area contributed by atoms with Gasteiger partial charge in [0.15, 0.2) is 0 Å². The Balaban J connectivity index is 1.80. The average Bonchev–Trinajstić information content (AvgIpc) is 2.93. The Morgan fingerprint density at radius 2 is 1.88 bits per heavy atom. The number of carbonyl (C=O) groups is 1. The van der Waals surface area contributed by atoms with Crippen LogP contribution in [0.5, 0.6) is 0 Å². The number of anilines is 2. The molecule has 3 aromatic rings. The molecule has 1 aliphatic carbocycles. The number of aromatic nitrogens is 1. The Morgan fingerprint density at radius 3 is 2.62 bits per heavy atom. The lowest BCUT2D eigenvalue weighted by molar-refractivity contribution is 0.103. The van der Waals surface area contributed by atoms with Crippen molar-refractivity contribution >= 4 is 38.8 Å². The zero-order valence-corrected chi connectivity index (χ0v) is 14.4. The third kappa shape index (κ3) is 2.45. The summed E-state index contributed by atoms with van der Waals surface area (Å²) in [6.07, 6.45) is 4.46. The first-order valence-corrected chi connectivity index (χ1v) is 9.03. The number of carbonyl (C=O) groups excluding carboxylic acids is 1. The molecule has 2 heterocycles. The number of fused-ring (bicyclic) bond motifs is 3. The third-order valence-corrected chi connectivity index (χ3v) is 5.74. The summed E-state index contributed by atoms with van der Waals surface area (Å²) in [7, 11) is 0. The van der Waals surface area contributed by atoms with Gasteiger partial charge < -0.3 is 11.1 Å². The predicted molar refractivity (Wildman–Crippen MR) is 99.8 cm³/mol. The molecule has 122 valence electrons. The Hall–Kier alpha value is -2.40. The highest BCUT2D eigenvalue weighted by Crippen LogP contribution is 2.39. The summed E-state index contributed by atoms with van der Waals surface area (Å²) in [6.45, 7) is 2.06. The number of thiophene rings is 1. The zero-order valence-electron chi connectivity index (χ0n) is 13.6. The van der Waals surface area contributed by atoms with Crippen LogP contribution < -0.4 is 11.1 Å². The summed E-state index contributed by atoms with van der Waals surface area (Å²) in [5.74, 6) is -0.163. The largest absolute Gasteiger partial charge is 0.397 e. The van der Waals surface area contributed by atoms with Gasteiger partial charge >= 0.3 is 0 Å². The second-order valence-electron chi connectivity index (χ2n) is 6.21. The molecule has 0 bridgehead atoms. The van der Waals surface area contributed by atoms with Crippen LogP contribution in [0.2, 0.25) is 0 Å². The van der Waals surface area contributed by atoms with Crippen LogP contribution >= 0.6 is 11.3 Å². The molecule has 1 aliphatic rings. The van der Waals surface area contributed by atoms with Crippen molar-refractivity contribution in [2.24, 2.45) is 0 Å². The summed E-state index contributed by atoms with van der Waals surface area (Å²) in [6, 6.07) is 9.44. The van der Waals surface area contributed by atoms with Gasteiger partial charge in [0.2, 0.25) is 0 Å². The molecule has 4 rings (SSSR count). The van der Waals surface area contributed by atoms with E-state index < -0.39 is 0 Å². The Morgan fingerprint density at radius 1 is 1.17 bits per heavy atom. The highest BCUT2D eigenvalue weighted by atomic mass is 32.1. The first-order chi connectivity index (χ1) is 11.6. The third-order valence-electron chi connectivity index (χ3n) is 4.64. The first kappa shape index (κ1) is 15.1. The van der Waals surface area contributed by atoms with Gasteiger partial charge in [-0.15, -0.1) is 11.3 Å². The quantitative estimate of drug-likeness (QED) is 0.732. The van der Waals surface area contributed by atoms with Crippen molar-refractivity contribution in [3.05, 3.63) is 52.0 Å². The van der Waals surface area contributed by atoms with Gasteiger partial charge in [-0.1, -0.05) is 18.2 Å². The monoisotopic (exact) mass is 337 g/mol. The lowest BCUT2D eigenvalue weighted by Gasteiger charge is -2.18. The highest BCUT2D eigenvalue weighted by Gasteiger charge is 2.24. The summed E-state index contributed by atoms with van der Waals surface area (Å²) in [5.41, 5.74) is 11.4. The topological polar surface area (TPSA) is 68.0 Å². The number of hydrogen-bond acceptors (Lipinski definition) is 4. The maximum atomic E-state index is 12.6. The van der Waals surface area contributed by atoms with Crippen LogP contribution in [0.3, 0.4) is 0 Å². The van der Waals surface area contributed by atoms with E-state index in [1.807, 2.05) is 30.3 Å². The molecule has 24 heavy (non-hydrogen) atoms. The van der Waals surface area contributed by atoms with Crippen LogP contribution in [-0.4, -0.2) is 10.9 Å². The predicted octanol–water partition coefficient (Wildman–Crippen LogP) is 4.32. The van der Waals surface area contributed by atoms with E-state index in [9.17, 15) is 4.79 Å². The molecular formula is C19H19N3OS. The van der Waals surface area contributed by atoms with Gasteiger partial charge in [0, 0.05) is 16.8 Å². The molecule has 0 saturated heterocycles. The van der Waals surface area contributed by atoms with Crippen LogP contribution in [-0.2, 0) is 12.8 Å².